The summed E-state index contributed by atoms with van der Waals surface area (Å²) in [5, 5.41) is 4.07. The standard InChI is InChI=1S/C25H30N4O3S/c1-17-8-7-9-23(13-17)29-20(4)14-22(21(29)5)15-26-27-25(30)16-28(33(6,31)32)24-11-10-18(2)12-19(24)3/h7-15H,16H2,1-6H3,(H,27,30)/b26-15-. The molecule has 0 fully saturated rings. The number of hydrogen-bond acceptors (Lipinski definition) is 4. The number of hydrogen-bond donors (Lipinski definition) is 1. The number of amides is 1. The highest BCUT2D eigenvalue weighted by Gasteiger charge is 2.22. The van der Waals surface area contributed by atoms with Crippen LogP contribution >= 0.6 is 0 Å². The number of carbonyl (C=O) groups excluding carboxylic acids is 1. The van der Waals surface area contributed by atoms with E-state index in [1.807, 2.05) is 71.0 Å². The summed E-state index contributed by atoms with van der Waals surface area (Å²) in [6.45, 7) is 9.44. The Kier molecular flexibility index (Phi) is 7.07. The second kappa shape index (κ2) is 9.62. The van der Waals surface area contributed by atoms with Gasteiger partial charge in [0.15, 0.2) is 0 Å². The predicted octanol–water partition coefficient (Wildman–Crippen LogP) is 3.94. The lowest BCUT2D eigenvalue weighted by Gasteiger charge is -2.23. The van der Waals surface area contributed by atoms with Gasteiger partial charge in [-0.3, -0.25) is 9.10 Å². The van der Waals surface area contributed by atoms with Crippen LogP contribution in [0.5, 0.6) is 0 Å². The third-order valence-corrected chi connectivity index (χ3v) is 6.56. The van der Waals surface area contributed by atoms with Gasteiger partial charge in [-0.2, -0.15) is 5.10 Å². The molecule has 0 aliphatic heterocycles. The molecule has 0 atom stereocenters. The molecule has 0 saturated carbocycles. The van der Waals surface area contributed by atoms with E-state index >= 15 is 0 Å². The number of aromatic nitrogens is 1. The lowest BCUT2D eigenvalue weighted by atomic mass is 10.1. The predicted molar refractivity (Wildman–Crippen MR) is 134 cm³/mol. The number of nitrogens with one attached hydrogen (secondary N) is 1. The fourth-order valence-electron chi connectivity index (χ4n) is 3.89. The Hall–Kier alpha value is -3.39. The van der Waals surface area contributed by atoms with Crippen molar-refractivity contribution in [3.05, 3.63) is 82.2 Å². The molecule has 0 aliphatic rings. The van der Waals surface area contributed by atoms with E-state index in [9.17, 15) is 13.2 Å². The third-order valence-electron chi connectivity index (χ3n) is 5.43. The molecule has 1 aromatic heterocycles. The van der Waals surface area contributed by atoms with Crippen molar-refractivity contribution in [2.75, 3.05) is 17.1 Å². The molecule has 1 amide bonds. The summed E-state index contributed by atoms with van der Waals surface area (Å²) in [6, 6.07) is 15.6. The molecule has 0 radical (unpaired) electrons. The first kappa shape index (κ1) is 24.3. The molecule has 33 heavy (non-hydrogen) atoms. The lowest BCUT2D eigenvalue weighted by molar-refractivity contribution is -0.119. The van der Waals surface area contributed by atoms with E-state index < -0.39 is 15.9 Å². The van der Waals surface area contributed by atoms with Gasteiger partial charge in [-0.05, 0) is 70.0 Å². The first-order valence-corrected chi connectivity index (χ1v) is 12.4. The largest absolute Gasteiger partial charge is 0.318 e. The summed E-state index contributed by atoms with van der Waals surface area (Å²) in [7, 11) is -3.65. The Labute approximate surface area is 195 Å². The van der Waals surface area contributed by atoms with Crippen molar-refractivity contribution >= 4 is 27.8 Å². The zero-order valence-corrected chi connectivity index (χ0v) is 20.7. The average Bonchev–Trinajstić information content (AvgIpc) is 2.99. The van der Waals surface area contributed by atoms with Crippen molar-refractivity contribution < 1.29 is 13.2 Å². The minimum Gasteiger partial charge on any atom is -0.318 e. The van der Waals surface area contributed by atoms with E-state index in [1.165, 1.54) is 5.56 Å². The first-order valence-electron chi connectivity index (χ1n) is 10.6. The number of benzene rings is 2. The molecule has 3 aromatic rings. The second-order valence-corrected chi connectivity index (χ2v) is 10.3. The fraction of sp³-hybridized carbons (Fsp3) is 0.280. The summed E-state index contributed by atoms with van der Waals surface area (Å²) in [4.78, 5) is 12.5. The van der Waals surface area contributed by atoms with Crippen molar-refractivity contribution in [1.82, 2.24) is 9.99 Å². The van der Waals surface area contributed by atoms with Gasteiger partial charge in [0.25, 0.3) is 5.91 Å². The third kappa shape index (κ3) is 5.70. The Morgan fingerprint density at radius 3 is 2.36 bits per heavy atom. The van der Waals surface area contributed by atoms with Gasteiger partial charge in [-0.15, -0.1) is 0 Å². The van der Waals surface area contributed by atoms with E-state index in [-0.39, 0.29) is 6.54 Å². The SMILES string of the molecule is Cc1cccc(-n2c(C)cc(/C=N\NC(=O)CN(c3ccc(C)cc3C)S(C)(=O)=O)c2C)c1. The summed E-state index contributed by atoms with van der Waals surface area (Å²) in [5.74, 6) is -0.524. The topological polar surface area (TPSA) is 83.8 Å². The quantitative estimate of drug-likeness (QED) is 0.423. The van der Waals surface area contributed by atoms with Gasteiger partial charge in [-0.25, -0.2) is 13.8 Å². The van der Waals surface area contributed by atoms with E-state index in [0.29, 0.717) is 5.69 Å². The normalized spacial score (nSPS) is 11.7. The van der Waals surface area contributed by atoms with Gasteiger partial charge in [0.2, 0.25) is 10.0 Å². The van der Waals surface area contributed by atoms with Crippen molar-refractivity contribution in [3.63, 3.8) is 0 Å². The molecule has 2 aromatic carbocycles. The van der Waals surface area contributed by atoms with Crippen LogP contribution < -0.4 is 9.73 Å². The minimum absolute atomic E-state index is 0.359. The molecule has 174 valence electrons. The minimum atomic E-state index is -3.65. The van der Waals surface area contributed by atoms with Crippen LogP contribution in [-0.4, -0.2) is 37.9 Å². The van der Waals surface area contributed by atoms with E-state index in [1.54, 1.807) is 12.3 Å². The highest BCUT2D eigenvalue weighted by molar-refractivity contribution is 7.92. The summed E-state index contributed by atoms with van der Waals surface area (Å²) in [5.41, 5.74) is 9.85. The van der Waals surface area contributed by atoms with Crippen LogP contribution in [-0.2, 0) is 14.8 Å². The van der Waals surface area contributed by atoms with Crippen LogP contribution in [0.25, 0.3) is 5.69 Å². The van der Waals surface area contributed by atoms with Gasteiger partial charge in [0.1, 0.15) is 6.54 Å². The Morgan fingerprint density at radius 2 is 1.73 bits per heavy atom. The van der Waals surface area contributed by atoms with Gasteiger partial charge in [-0.1, -0.05) is 29.8 Å². The van der Waals surface area contributed by atoms with Crippen molar-refractivity contribution in [2.45, 2.75) is 34.6 Å². The maximum absolute atomic E-state index is 12.5. The Bertz CT molecular complexity index is 1320. The molecule has 0 saturated heterocycles. The smallest absolute Gasteiger partial charge is 0.260 e. The number of sulfonamides is 1. The molecule has 8 heteroatoms. The molecule has 1 heterocycles. The van der Waals surface area contributed by atoms with Crippen LogP contribution in [0.15, 0.2) is 53.6 Å². The van der Waals surface area contributed by atoms with E-state index in [2.05, 4.69) is 21.2 Å². The molecule has 0 aliphatic carbocycles. The van der Waals surface area contributed by atoms with Gasteiger partial charge in [0.05, 0.1) is 18.2 Å². The van der Waals surface area contributed by atoms with Crippen LogP contribution in [0.2, 0.25) is 0 Å². The number of hydrazone groups is 1. The number of rotatable bonds is 7. The van der Waals surface area contributed by atoms with Crippen LogP contribution in [0.1, 0.15) is 33.6 Å². The fourth-order valence-corrected chi connectivity index (χ4v) is 4.80. The molecule has 0 spiro atoms. The maximum atomic E-state index is 12.5. The van der Waals surface area contributed by atoms with Crippen molar-refractivity contribution in [1.29, 1.82) is 0 Å². The van der Waals surface area contributed by atoms with E-state index in [4.69, 9.17) is 0 Å². The summed E-state index contributed by atoms with van der Waals surface area (Å²) >= 11 is 0. The molecule has 7 nitrogen and oxygen atoms in total. The van der Waals surface area contributed by atoms with E-state index in [0.717, 1.165) is 44.3 Å². The first-order chi connectivity index (χ1) is 15.5. The second-order valence-electron chi connectivity index (χ2n) is 8.35. The zero-order valence-electron chi connectivity index (χ0n) is 19.9. The van der Waals surface area contributed by atoms with Crippen molar-refractivity contribution in [3.8, 4) is 5.69 Å². The lowest BCUT2D eigenvalue weighted by Crippen LogP contribution is -2.39. The van der Waals surface area contributed by atoms with Gasteiger partial charge >= 0.3 is 0 Å². The molecular formula is C25H30N4O3S. The van der Waals surface area contributed by atoms with Crippen LogP contribution in [0, 0.1) is 34.6 Å². The van der Waals surface area contributed by atoms with Crippen LogP contribution in [0.3, 0.4) is 0 Å². The van der Waals surface area contributed by atoms with Crippen LogP contribution in [0.4, 0.5) is 5.69 Å². The summed E-state index contributed by atoms with van der Waals surface area (Å²) < 4.78 is 27.9. The number of nitrogens with zero attached hydrogens (tertiary/aromatic N) is 3. The highest BCUT2D eigenvalue weighted by atomic mass is 32.2. The number of aryl methyl sites for hydroxylation is 4. The monoisotopic (exact) mass is 466 g/mol. The van der Waals surface area contributed by atoms with Gasteiger partial charge in [0, 0.05) is 22.6 Å². The molecule has 0 bridgehead atoms. The number of anilines is 1. The number of carbonyl (C=O) groups is 1. The zero-order chi connectivity index (χ0) is 24.3. The highest BCUT2D eigenvalue weighted by Crippen LogP contribution is 2.23. The van der Waals surface area contributed by atoms with Gasteiger partial charge < -0.3 is 4.57 Å². The molecular weight excluding hydrogens is 436 g/mol. The maximum Gasteiger partial charge on any atom is 0.260 e. The Morgan fingerprint density at radius 1 is 1.03 bits per heavy atom. The Balaban J connectivity index is 1.76. The average molecular weight is 467 g/mol. The molecule has 0 unspecified atom stereocenters. The molecule has 3 rings (SSSR count). The van der Waals surface area contributed by atoms with Crippen molar-refractivity contribution in [2.24, 2.45) is 5.10 Å². The molecule has 1 N–H and O–H groups in total. The summed E-state index contributed by atoms with van der Waals surface area (Å²) in [6.07, 6.45) is 2.66.